The first-order valence-electron chi connectivity index (χ1n) is 7.90. The Labute approximate surface area is 132 Å². The van der Waals surface area contributed by atoms with Crippen LogP contribution in [0.4, 0.5) is 0 Å². The minimum atomic E-state index is 0.395. The Kier molecular flexibility index (Phi) is 5.30. The molecule has 20 heavy (non-hydrogen) atoms. The Balaban J connectivity index is 2.09. The summed E-state index contributed by atoms with van der Waals surface area (Å²) in [5, 5.41) is 3.90. The van der Waals surface area contributed by atoms with Crippen LogP contribution in [-0.4, -0.2) is 6.04 Å². The van der Waals surface area contributed by atoms with E-state index in [0.29, 0.717) is 17.5 Å². The molecule has 0 spiro atoms. The smallest absolute Gasteiger partial charge is 0.0305 e. The first-order valence-corrected chi connectivity index (χ1v) is 8.69. The summed E-state index contributed by atoms with van der Waals surface area (Å²) in [6.45, 7) is 9.46. The molecule has 1 fully saturated rings. The lowest BCUT2D eigenvalue weighted by molar-refractivity contribution is 0.124. The first kappa shape index (κ1) is 16.0. The van der Waals surface area contributed by atoms with Crippen LogP contribution >= 0.6 is 15.9 Å². The van der Waals surface area contributed by atoms with E-state index in [1.165, 1.54) is 35.7 Å². The maximum absolute atomic E-state index is 3.90. The van der Waals surface area contributed by atoms with Crippen LogP contribution in [0.3, 0.4) is 0 Å². The molecular formula is C18H28BrN. The van der Waals surface area contributed by atoms with Crippen molar-refractivity contribution in [1.82, 2.24) is 5.32 Å². The molecule has 0 radical (unpaired) electrons. The van der Waals surface area contributed by atoms with Crippen molar-refractivity contribution >= 4 is 15.9 Å². The molecule has 1 aromatic rings. The number of hydrogen-bond donors (Lipinski definition) is 1. The lowest BCUT2D eigenvalue weighted by Crippen LogP contribution is -2.45. The average molecular weight is 338 g/mol. The Morgan fingerprint density at radius 1 is 1.15 bits per heavy atom. The van der Waals surface area contributed by atoms with Gasteiger partial charge in [-0.15, -0.1) is 0 Å². The molecule has 0 bridgehead atoms. The number of benzene rings is 1. The second kappa shape index (κ2) is 6.62. The van der Waals surface area contributed by atoms with Gasteiger partial charge in [0.2, 0.25) is 0 Å². The summed E-state index contributed by atoms with van der Waals surface area (Å²) in [6, 6.07) is 9.61. The van der Waals surface area contributed by atoms with E-state index < -0.39 is 0 Å². The van der Waals surface area contributed by atoms with Gasteiger partial charge in [-0.25, -0.2) is 0 Å². The Morgan fingerprint density at radius 3 is 2.45 bits per heavy atom. The van der Waals surface area contributed by atoms with Gasteiger partial charge >= 0.3 is 0 Å². The lowest BCUT2D eigenvalue weighted by Gasteiger charge is -2.42. The van der Waals surface area contributed by atoms with Crippen LogP contribution in [0.2, 0.25) is 0 Å². The fourth-order valence-corrected chi connectivity index (χ4v) is 4.23. The van der Waals surface area contributed by atoms with Crippen molar-refractivity contribution in [2.45, 2.75) is 65.5 Å². The molecule has 0 aromatic heterocycles. The fourth-order valence-electron chi connectivity index (χ4n) is 3.60. The second-order valence-electron chi connectivity index (χ2n) is 7.27. The molecule has 112 valence electrons. The van der Waals surface area contributed by atoms with Crippen molar-refractivity contribution in [3.63, 3.8) is 0 Å². The van der Waals surface area contributed by atoms with Crippen molar-refractivity contribution in [2.24, 2.45) is 11.3 Å². The highest BCUT2D eigenvalue weighted by atomic mass is 79.9. The van der Waals surface area contributed by atoms with Crippen LogP contribution in [0.25, 0.3) is 0 Å². The van der Waals surface area contributed by atoms with Gasteiger partial charge in [0, 0.05) is 16.6 Å². The third-order valence-corrected chi connectivity index (χ3v) is 5.44. The van der Waals surface area contributed by atoms with Crippen molar-refractivity contribution in [2.75, 3.05) is 0 Å². The van der Waals surface area contributed by atoms with Crippen LogP contribution in [0, 0.1) is 11.3 Å². The zero-order valence-electron chi connectivity index (χ0n) is 13.2. The van der Waals surface area contributed by atoms with Crippen molar-refractivity contribution in [1.29, 1.82) is 0 Å². The van der Waals surface area contributed by atoms with Crippen LogP contribution in [0.5, 0.6) is 0 Å². The maximum Gasteiger partial charge on any atom is 0.0305 e. The average Bonchev–Trinajstić information content (AvgIpc) is 2.38. The van der Waals surface area contributed by atoms with Gasteiger partial charge < -0.3 is 5.32 Å². The molecule has 1 aliphatic carbocycles. The predicted octanol–water partition coefficient (Wildman–Crippen LogP) is 5.70. The summed E-state index contributed by atoms with van der Waals surface area (Å²) in [4.78, 5) is 0. The zero-order chi connectivity index (χ0) is 14.8. The van der Waals surface area contributed by atoms with E-state index >= 15 is 0 Å². The first-order chi connectivity index (χ1) is 9.39. The van der Waals surface area contributed by atoms with Gasteiger partial charge in [-0.05, 0) is 42.7 Å². The zero-order valence-corrected chi connectivity index (χ0v) is 14.8. The topological polar surface area (TPSA) is 12.0 Å². The van der Waals surface area contributed by atoms with Gasteiger partial charge in [-0.1, -0.05) is 67.7 Å². The highest BCUT2D eigenvalue weighted by Gasteiger charge is 2.34. The summed E-state index contributed by atoms with van der Waals surface area (Å²) >= 11 is 3.68. The molecular weight excluding hydrogens is 310 g/mol. The molecule has 0 amide bonds. The van der Waals surface area contributed by atoms with Crippen molar-refractivity contribution in [3.8, 4) is 0 Å². The number of nitrogens with one attached hydrogen (secondary N) is 1. The number of rotatable bonds is 3. The minimum Gasteiger partial charge on any atom is -0.307 e. The molecule has 1 nitrogen and oxygen atoms in total. The van der Waals surface area contributed by atoms with E-state index in [1.54, 1.807) is 0 Å². The van der Waals surface area contributed by atoms with E-state index in [2.05, 4.69) is 73.2 Å². The normalized spacial score (nSPS) is 25.4. The summed E-state index contributed by atoms with van der Waals surface area (Å²) in [7, 11) is 0. The van der Waals surface area contributed by atoms with Gasteiger partial charge in [0.05, 0.1) is 0 Å². The third-order valence-electron chi connectivity index (χ3n) is 4.71. The third kappa shape index (κ3) is 3.85. The summed E-state index contributed by atoms with van der Waals surface area (Å²) in [5.74, 6) is 0.779. The molecule has 1 N–H and O–H groups in total. The van der Waals surface area contributed by atoms with E-state index in [1.807, 2.05) is 0 Å². The molecule has 2 rings (SSSR count). The highest BCUT2D eigenvalue weighted by Crippen LogP contribution is 2.39. The minimum absolute atomic E-state index is 0.395. The largest absolute Gasteiger partial charge is 0.307 e. The summed E-state index contributed by atoms with van der Waals surface area (Å²) in [6.07, 6.45) is 5.44. The van der Waals surface area contributed by atoms with E-state index in [4.69, 9.17) is 0 Å². The quantitative estimate of drug-likeness (QED) is 0.745. The molecule has 3 atom stereocenters. The molecule has 3 unspecified atom stereocenters. The van der Waals surface area contributed by atoms with Crippen LogP contribution in [0.1, 0.15) is 65.0 Å². The number of hydrogen-bond acceptors (Lipinski definition) is 1. The highest BCUT2D eigenvalue weighted by molar-refractivity contribution is 9.10. The maximum atomic E-state index is 3.90. The van der Waals surface area contributed by atoms with Gasteiger partial charge in [-0.3, -0.25) is 0 Å². The second-order valence-corrected chi connectivity index (χ2v) is 8.13. The predicted molar refractivity (Wildman–Crippen MR) is 90.9 cm³/mol. The van der Waals surface area contributed by atoms with Gasteiger partial charge in [0.15, 0.2) is 0 Å². The molecule has 1 saturated carbocycles. The summed E-state index contributed by atoms with van der Waals surface area (Å²) < 4.78 is 1.21. The Morgan fingerprint density at radius 2 is 1.80 bits per heavy atom. The molecule has 0 saturated heterocycles. The molecule has 0 aliphatic heterocycles. The van der Waals surface area contributed by atoms with Crippen molar-refractivity contribution < 1.29 is 0 Å². The van der Waals surface area contributed by atoms with E-state index in [0.717, 1.165) is 5.92 Å². The van der Waals surface area contributed by atoms with Crippen LogP contribution < -0.4 is 5.32 Å². The van der Waals surface area contributed by atoms with E-state index in [9.17, 15) is 0 Å². The van der Waals surface area contributed by atoms with Gasteiger partial charge in [0.25, 0.3) is 0 Å². The SMILES string of the molecule is CC(NC1CCCCC1C(C)(C)C)c1ccccc1Br. The Bertz CT molecular complexity index is 435. The summed E-state index contributed by atoms with van der Waals surface area (Å²) in [5.41, 5.74) is 1.76. The number of halogens is 1. The van der Waals surface area contributed by atoms with Crippen LogP contribution in [-0.2, 0) is 0 Å². The molecule has 1 aromatic carbocycles. The molecule has 0 heterocycles. The van der Waals surface area contributed by atoms with Crippen molar-refractivity contribution in [3.05, 3.63) is 34.3 Å². The van der Waals surface area contributed by atoms with Gasteiger partial charge in [-0.2, -0.15) is 0 Å². The lowest BCUT2D eigenvalue weighted by atomic mass is 9.69. The van der Waals surface area contributed by atoms with Crippen LogP contribution in [0.15, 0.2) is 28.7 Å². The Hall–Kier alpha value is -0.340. The monoisotopic (exact) mass is 337 g/mol. The molecule has 1 aliphatic rings. The van der Waals surface area contributed by atoms with Gasteiger partial charge in [0.1, 0.15) is 0 Å². The molecule has 2 heteroatoms. The fraction of sp³-hybridized carbons (Fsp3) is 0.667. The standard InChI is InChI=1S/C18H28BrN/c1-13(14-9-5-7-11-16(14)19)20-17-12-8-6-10-15(17)18(2,3)4/h5,7,9,11,13,15,17,20H,6,8,10,12H2,1-4H3. The van der Waals surface area contributed by atoms with E-state index in [-0.39, 0.29) is 0 Å².